The molecule has 0 spiro atoms. The highest BCUT2D eigenvalue weighted by Crippen LogP contribution is 2.43. The Hall–Kier alpha value is -0.160. The molecule has 0 aromatic rings. The molecule has 3 N–H and O–H groups in total. The highest BCUT2D eigenvalue weighted by molar-refractivity contribution is 5.06. The van der Waals surface area contributed by atoms with Crippen LogP contribution in [0, 0.1) is 11.3 Å². The molecule has 19 heavy (non-hydrogen) atoms. The van der Waals surface area contributed by atoms with Gasteiger partial charge in [0.15, 0.2) is 0 Å². The Kier molecular flexibility index (Phi) is 5.80. The van der Waals surface area contributed by atoms with Crippen molar-refractivity contribution in [3.8, 4) is 0 Å². The molecule has 0 amide bonds. The van der Waals surface area contributed by atoms with E-state index in [2.05, 4.69) is 33.0 Å². The lowest BCUT2D eigenvalue weighted by Gasteiger charge is -2.54. The zero-order chi connectivity index (χ0) is 14.7. The zero-order valence-electron chi connectivity index (χ0n) is 13.1. The summed E-state index contributed by atoms with van der Waals surface area (Å²) in [6.07, 6.45) is 1.92. The van der Waals surface area contributed by atoms with E-state index in [9.17, 15) is 10.2 Å². The molecule has 114 valence electrons. The van der Waals surface area contributed by atoms with Crippen LogP contribution in [0.4, 0.5) is 0 Å². The number of hydrogen-bond acceptors (Lipinski definition) is 4. The second kappa shape index (κ2) is 6.53. The van der Waals surface area contributed by atoms with Gasteiger partial charge < -0.3 is 20.3 Å². The SMILES string of the molecule is CCC(CO)(CO)NC1CC(OCC(C)C)C1(C)C. The van der Waals surface area contributed by atoms with Crippen LogP contribution in [0.3, 0.4) is 0 Å². The lowest BCUT2D eigenvalue weighted by Crippen LogP contribution is -2.68. The van der Waals surface area contributed by atoms with Gasteiger partial charge in [-0.15, -0.1) is 0 Å². The van der Waals surface area contributed by atoms with E-state index in [0.717, 1.165) is 13.0 Å². The van der Waals surface area contributed by atoms with Gasteiger partial charge in [0.1, 0.15) is 0 Å². The summed E-state index contributed by atoms with van der Waals surface area (Å²) in [6.45, 7) is 11.4. The Labute approximate surface area is 117 Å². The first-order valence-corrected chi connectivity index (χ1v) is 7.42. The van der Waals surface area contributed by atoms with Crippen LogP contribution in [-0.4, -0.2) is 47.7 Å². The highest BCUT2D eigenvalue weighted by atomic mass is 16.5. The second-order valence-corrected chi connectivity index (χ2v) is 6.92. The quantitative estimate of drug-likeness (QED) is 0.628. The molecule has 0 heterocycles. The van der Waals surface area contributed by atoms with Crippen molar-refractivity contribution in [2.24, 2.45) is 11.3 Å². The van der Waals surface area contributed by atoms with Crippen molar-refractivity contribution in [1.82, 2.24) is 5.32 Å². The summed E-state index contributed by atoms with van der Waals surface area (Å²) in [7, 11) is 0. The maximum absolute atomic E-state index is 9.50. The van der Waals surface area contributed by atoms with Crippen LogP contribution in [0.15, 0.2) is 0 Å². The van der Waals surface area contributed by atoms with E-state index in [4.69, 9.17) is 4.74 Å². The minimum atomic E-state index is -0.565. The lowest BCUT2D eigenvalue weighted by atomic mass is 9.63. The Bertz CT molecular complexity index is 266. The summed E-state index contributed by atoms with van der Waals surface area (Å²) >= 11 is 0. The number of rotatable bonds is 8. The molecule has 2 unspecified atom stereocenters. The van der Waals surface area contributed by atoms with Crippen LogP contribution in [0.25, 0.3) is 0 Å². The molecule has 0 bridgehead atoms. The van der Waals surface area contributed by atoms with E-state index in [1.807, 2.05) is 6.92 Å². The summed E-state index contributed by atoms with van der Waals surface area (Å²) < 4.78 is 5.94. The van der Waals surface area contributed by atoms with E-state index in [1.54, 1.807) is 0 Å². The van der Waals surface area contributed by atoms with E-state index < -0.39 is 5.54 Å². The number of ether oxygens (including phenoxy) is 1. The molecule has 4 nitrogen and oxygen atoms in total. The third kappa shape index (κ3) is 3.69. The van der Waals surface area contributed by atoms with Gasteiger partial charge in [-0.2, -0.15) is 0 Å². The highest BCUT2D eigenvalue weighted by Gasteiger charge is 2.51. The first kappa shape index (κ1) is 16.9. The summed E-state index contributed by atoms with van der Waals surface area (Å²) in [5.74, 6) is 0.549. The number of hydrogen-bond donors (Lipinski definition) is 3. The van der Waals surface area contributed by atoms with Gasteiger partial charge in [-0.25, -0.2) is 0 Å². The Morgan fingerprint density at radius 3 is 2.26 bits per heavy atom. The fourth-order valence-corrected chi connectivity index (χ4v) is 2.56. The maximum Gasteiger partial charge on any atom is 0.0656 e. The van der Waals surface area contributed by atoms with E-state index in [1.165, 1.54) is 0 Å². The molecular weight excluding hydrogens is 242 g/mol. The minimum absolute atomic E-state index is 0.0376. The number of aliphatic hydroxyl groups is 2. The van der Waals surface area contributed by atoms with Crippen LogP contribution in [0.5, 0.6) is 0 Å². The molecule has 4 heteroatoms. The molecule has 2 atom stereocenters. The molecule has 1 aliphatic carbocycles. The fraction of sp³-hybridized carbons (Fsp3) is 1.00. The topological polar surface area (TPSA) is 61.7 Å². The average molecular weight is 273 g/mol. The average Bonchev–Trinajstić information content (AvgIpc) is 2.38. The molecule has 0 radical (unpaired) electrons. The van der Waals surface area contributed by atoms with Gasteiger partial charge in [-0.05, 0) is 18.8 Å². The van der Waals surface area contributed by atoms with Crippen LogP contribution in [0.2, 0.25) is 0 Å². The van der Waals surface area contributed by atoms with Crippen LogP contribution in [0.1, 0.15) is 47.5 Å². The Morgan fingerprint density at radius 2 is 1.89 bits per heavy atom. The van der Waals surface area contributed by atoms with Crippen LogP contribution < -0.4 is 5.32 Å². The van der Waals surface area contributed by atoms with Crippen molar-refractivity contribution in [2.75, 3.05) is 19.8 Å². The molecule has 0 aromatic heterocycles. The first-order chi connectivity index (χ1) is 8.81. The van der Waals surface area contributed by atoms with E-state index in [-0.39, 0.29) is 30.8 Å². The molecule has 1 rings (SSSR count). The van der Waals surface area contributed by atoms with E-state index in [0.29, 0.717) is 12.3 Å². The van der Waals surface area contributed by atoms with Crippen molar-refractivity contribution in [2.45, 2.75) is 65.1 Å². The largest absolute Gasteiger partial charge is 0.394 e. The van der Waals surface area contributed by atoms with Crippen molar-refractivity contribution >= 4 is 0 Å². The first-order valence-electron chi connectivity index (χ1n) is 7.42. The van der Waals surface area contributed by atoms with Gasteiger partial charge in [0, 0.05) is 18.1 Å². The van der Waals surface area contributed by atoms with Crippen molar-refractivity contribution < 1.29 is 14.9 Å². The lowest BCUT2D eigenvalue weighted by molar-refractivity contribution is -0.134. The van der Waals surface area contributed by atoms with Crippen molar-refractivity contribution in [3.05, 3.63) is 0 Å². The van der Waals surface area contributed by atoms with Gasteiger partial charge >= 0.3 is 0 Å². The standard InChI is InChI=1S/C15H31NO3/c1-6-15(9-17,10-18)16-12-7-13(14(12,4)5)19-8-11(2)3/h11-13,16-18H,6-10H2,1-5H3. The van der Waals surface area contributed by atoms with E-state index >= 15 is 0 Å². The molecule has 1 aliphatic rings. The predicted octanol–water partition coefficient (Wildman–Crippen LogP) is 1.55. The molecule has 0 aromatic carbocycles. The number of aliphatic hydroxyl groups excluding tert-OH is 2. The zero-order valence-corrected chi connectivity index (χ0v) is 13.1. The minimum Gasteiger partial charge on any atom is -0.394 e. The normalized spacial score (nSPS) is 26.5. The third-order valence-electron chi connectivity index (χ3n) is 4.57. The third-order valence-corrected chi connectivity index (χ3v) is 4.57. The van der Waals surface area contributed by atoms with Crippen molar-refractivity contribution in [3.63, 3.8) is 0 Å². The second-order valence-electron chi connectivity index (χ2n) is 6.92. The molecule has 1 saturated carbocycles. The predicted molar refractivity (Wildman–Crippen MR) is 77.1 cm³/mol. The van der Waals surface area contributed by atoms with Crippen LogP contribution in [-0.2, 0) is 4.74 Å². The van der Waals surface area contributed by atoms with Crippen molar-refractivity contribution in [1.29, 1.82) is 0 Å². The molecule has 0 saturated heterocycles. The van der Waals surface area contributed by atoms with Gasteiger partial charge in [0.25, 0.3) is 0 Å². The summed E-state index contributed by atoms with van der Waals surface area (Å²) in [4.78, 5) is 0. The molecule has 0 aliphatic heterocycles. The Balaban J connectivity index is 2.54. The Morgan fingerprint density at radius 1 is 1.32 bits per heavy atom. The smallest absolute Gasteiger partial charge is 0.0656 e. The number of nitrogens with one attached hydrogen (secondary N) is 1. The van der Waals surface area contributed by atoms with Gasteiger partial charge in [0.05, 0.1) is 24.9 Å². The summed E-state index contributed by atoms with van der Waals surface area (Å²) in [5.41, 5.74) is -0.523. The van der Waals surface area contributed by atoms with Gasteiger partial charge in [-0.1, -0.05) is 34.6 Å². The molecular formula is C15H31NO3. The summed E-state index contributed by atoms with van der Waals surface area (Å²) in [6, 6.07) is 0.281. The fourth-order valence-electron chi connectivity index (χ4n) is 2.56. The van der Waals surface area contributed by atoms with Gasteiger partial charge in [0.2, 0.25) is 0 Å². The monoisotopic (exact) mass is 273 g/mol. The summed E-state index contributed by atoms with van der Waals surface area (Å²) in [5, 5.41) is 22.5. The van der Waals surface area contributed by atoms with Crippen LogP contribution >= 0.6 is 0 Å². The maximum atomic E-state index is 9.50. The molecule has 1 fully saturated rings. The van der Waals surface area contributed by atoms with Gasteiger partial charge in [-0.3, -0.25) is 0 Å².